The van der Waals surface area contributed by atoms with Gasteiger partial charge in [0.25, 0.3) is 5.91 Å². The van der Waals surface area contributed by atoms with Crippen LogP contribution in [0.25, 0.3) is 6.08 Å². The smallest absolute Gasteiger partial charge is 0.266 e. The first kappa shape index (κ1) is 18.8. The number of amides is 1. The highest BCUT2D eigenvalue weighted by Gasteiger charge is 2.13. The van der Waals surface area contributed by atoms with E-state index in [1.165, 1.54) is 20.3 Å². The third-order valence-corrected chi connectivity index (χ3v) is 4.04. The van der Waals surface area contributed by atoms with E-state index in [2.05, 4.69) is 21.2 Å². The van der Waals surface area contributed by atoms with Gasteiger partial charge in [-0.3, -0.25) is 4.79 Å². The summed E-state index contributed by atoms with van der Waals surface area (Å²) in [5.41, 5.74) is 1.06. The molecule has 0 unspecified atom stereocenters. The van der Waals surface area contributed by atoms with Crippen LogP contribution in [0.15, 0.2) is 46.4 Å². The van der Waals surface area contributed by atoms with E-state index in [9.17, 15) is 10.1 Å². The second-order valence-electron chi connectivity index (χ2n) is 4.87. The normalized spacial score (nSPS) is 10.8. The molecule has 0 spiro atoms. The van der Waals surface area contributed by atoms with Crippen molar-refractivity contribution in [1.29, 1.82) is 5.26 Å². The van der Waals surface area contributed by atoms with Crippen molar-refractivity contribution >= 4 is 45.2 Å². The molecule has 0 aromatic heterocycles. The molecule has 0 fully saturated rings. The van der Waals surface area contributed by atoms with Crippen LogP contribution in [0, 0.1) is 11.3 Å². The number of nitriles is 1. The van der Waals surface area contributed by atoms with E-state index < -0.39 is 5.91 Å². The van der Waals surface area contributed by atoms with Crippen LogP contribution in [-0.4, -0.2) is 20.1 Å². The summed E-state index contributed by atoms with van der Waals surface area (Å²) in [6.07, 6.45) is 1.46. The van der Waals surface area contributed by atoms with Crippen molar-refractivity contribution in [2.45, 2.75) is 0 Å². The van der Waals surface area contributed by atoms with Gasteiger partial charge in [-0.2, -0.15) is 5.26 Å². The molecule has 0 radical (unpaired) electrons. The molecule has 0 aliphatic heterocycles. The molecule has 1 N–H and O–H groups in total. The average Bonchev–Trinajstić information content (AvgIpc) is 2.58. The zero-order valence-electron chi connectivity index (χ0n) is 13.5. The number of ether oxygens (including phenoxy) is 2. The second-order valence-corrected chi connectivity index (χ2v) is 6.16. The topological polar surface area (TPSA) is 71.3 Å². The maximum absolute atomic E-state index is 12.3. The molecule has 0 atom stereocenters. The third-order valence-electron chi connectivity index (χ3n) is 3.21. The highest BCUT2D eigenvalue weighted by molar-refractivity contribution is 9.10. The Balaban J connectivity index is 2.32. The standard InChI is InChI=1S/C18H14BrClN2O3/c1-24-16-8-11(7-15(19)17(16)25-2)6-12(10-21)18(23)22-14-5-3-4-13(20)9-14/h3-9H,1-2H3,(H,22,23)/b12-6+. The minimum atomic E-state index is -0.532. The Morgan fingerprint density at radius 1 is 1.28 bits per heavy atom. The Hall–Kier alpha value is -2.49. The fourth-order valence-electron chi connectivity index (χ4n) is 2.10. The largest absolute Gasteiger partial charge is 0.493 e. The molecule has 2 aromatic rings. The van der Waals surface area contributed by atoms with Crippen molar-refractivity contribution in [1.82, 2.24) is 0 Å². The zero-order chi connectivity index (χ0) is 18.4. The quantitative estimate of drug-likeness (QED) is 0.563. The Morgan fingerprint density at radius 2 is 2.04 bits per heavy atom. The molecular weight excluding hydrogens is 408 g/mol. The van der Waals surface area contributed by atoms with E-state index >= 15 is 0 Å². The van der Waals surface area contributed by atoms with Gasteiger partial charge in [0.05, 0.1) is 18.7 Å². The summed E-state index contributed by atoms with van der Waals surface area (Å²) in [6.45, 7) is 0. The Kier molecular flexibility index (Phi) is 6.45. The lowest BCUT2D eigenvalue weighted by atomic mass is 10.1. The van der Waals surface area contributed by atoms with Gasteiger partial charge in [0.2, 0.25) is 0 Å². The maximum Gasteiger partial charge on any atom is 0.266 e. The summed E-state index contributed by atoms with van der Waals surface area (Å²) in [5, 5.41) is 12.4. The fraction of sp³-hybridized carbons (Fsp3) is 0.111. The van der Waals surface area contributed by atoms with Gasteiger partial charge in [0.15, 0.2) is 11.5 Å². The molecule has 128 valence electrons. The second kappa shape index (κ2) is 8.56. The van der Waals surface area contributed by atoms with Gasteiger partial charge in [-0.05, 0) is 57.9 Å². The van der Waals surface area contributed by atoms with Crippen molar-refractivity contribution in [2.24, 2.45) is 0 Å². The molecule has 0 saturated carbocycles. The molecule has 7 heteroatoms. The number of nitrogens with zero attached hydrogens (tertiary/aromatic N) is 1. The predicted molar refractivity (Wildman–Crippen MR) is 101 cm³/mol. The van der Waals surface area contributed by atoms with Gasteiger partial charge in [-0.15, -0.1) is 0 Å². The number of hydrogen-bond acceptors (Lipinski definition) is 4. The number of methoxy groups -OCH3 is 2. The zero-order valence-corrected chi connectivity index (χ0v) is 15.8. The Bertz CT molecular complexity index is 875. The minimum Gasteiger partial charge on any atom is -0.493 e. The third kappa shape index (κ3) is 4.75. The lowest BCUT2D eigenvalue weighted by Crippen LogP contribution is -2.13. The monoisotopic (exact) mass is 420 g/mol. The number of anilines is 1. The Labute approximate surface area is 158 Å². The highest BCUT2D eigenvalue weighted by Crippen LogP contribution is 2.36. The van der Waals surface area contributed by atoms with Crippen molar-refractivity contribution in [3.05, 3.63) is 57.0 Å². The molecule has 2 aromatic carbocycles. The SMILES string of the molecule is COc1cc(/C=C(\C#N)C(=O)Nc2cccc(Cl)c2)cc(Br)c1OC. The van der Waals surface area contributed by atoms with E-state index in [0.29, 0.717) is 32.2 Å². The molecule has 0 bridgehead atoms. The fourth-order valence-corrected chi connectivity index (χ4v) is 2.91. The first-order chi connectivity index (χ1) is 12.0. The van der Waals surface area contributed by atoms with E-state index in [-0.39, 0.29) is 5.57 Å². The maximum atomic E-state index is 12.3. The van der Waals surface area contributed by atoms with Crippen molar-refractivity contribution < 1.29 is 14.3 Å². The van der Waals surface area contributed by atoms with Crippen molar-refractivity contribution in [3.8, 4) is 17.6 Å². The van der Waals surface area contributed by atoms with Crippen molar-refractivity contribution in [2.75, 3.05) is 19.5 Å². The summed E-state index contributed by atoms with van der Waals surface area (Å²) in [7, 11) is 3.03. The number of benzene rings is 2. The summed E-state index contributed by atoms with van der Waals surface area (Å²) in [4.78, 5) is 12.3. The molecule has 0 aliphatic carbocycles. The van der Waals surface area contributed by atoms with Crippen LogP contribution < -0.4 is 14.8 Å². The average molecular weight is 422 g/mol. The number of nitrogens with one attached hydrogen (secondary N) is 1. The number of halogens is 2. The van der Waals surface area contributed by atoms with Gasteiger partial charge in [0, 0.05) is 10.7 Å². The van der Waals surface area contributed by atoms with Gasteiger partial charge < -0.3 is 14.8 Å². The summed E-state index contributed by atoms with van der Waals surface area (Å²) in [5.74, 6) is 0.480. The Morgan fingerprint density at radius 3 is 2.64 bits per heavy atom. The molecule has 25 heavy (non-hydrogen) atoms. The van der Waals surface area contributed by atoms with E-state index in [1.807, 2.05) is 6.07 Å². The van der Waals surface area contributed by atoms with Crippen LogP contribution in [0.4, 0.5) is 5.69 Å². The van der Waals surface area contributed by atoms with Crippen molar-refractivity contribution in [3.63, 3.8) is 0 Å². The van der Waals surface area contributed by atoms with Crippen LogP contribution in [0.5, 0.6) is 11.5 Å². The van der Waals surface area contributed by atoms with E-state index in [1.54, 1.807) is 36.4 Å². The van der Waals surface area contributed by atoms with E-state index in [4.69, 9.17) is 21.1 Å². The highest BCUT2D eigenvalue weighted by atomic mass is 79.9. The van der Waals surface area contributed by atoms with Crippen LogP contribution in [0.2, 0.25) is 5.02 Å². The van der Waals surface area contributed by atoms with Gasteiger partial charge in [-0.25, -0.2) is 0 Å². The lowest BCUT2D eigenvalue weighted by molar-refractivity contribution is -0.112. The van der Waals surface area contributed by atoms with Gasteiger partial charge in [0.1, 0.15) is 11.6 Å². The van der Waals surface area contributed by atoms with Crippen LogP contribution in [0.3, 0.4) is 0 Å². The molecule has 0 aliphatic rings. The number of carbonyl (C=O) groups is 1. The van der Waals surface area contributed by atoms with Gasteiger partial charge >= 0.3 is 0 Å². The molecule has 5 nitrogen and oxygen atoms in total. The molecule has 0 heterocycles. The first-order valence-electron chi connectivity index (χ1n) is 7.08. The molecule has 1 amide bonds. The van der Waals surface area contributed by atoms with Crippen LogP contribution in [-0.2, 0) is 4.79 Å². The molecular formula is C18H14BrClN2O3. The molecule has 0 saturated heterocycles. The summed E-state index contributed by atoms with van der Waals surface area (Å²) < 4.78 is 11.1. The minimum absolute atomic E-state index is 0.0564. The number of carbonyl (C=O) groups excluding carboxylic acids is 1. The predicted octanol–water partition coefficient (Wildman–Crippen LogP) is 4.67. The lowest BCUT2D eigenvalue weighted by Gasteiger charge is -2.11. The van der Waals surface area contributed by atoms with Gasteiger partial charge in [-0.1, -0.05) is 17.7 Å². The van der Waals surface area contributed by atoms with E-state index in [0.717, 1.165) is 0 Å². The van der Waals surface area contributed by atoms with Crippen LogP contribution in [0.1, 0.15) is 5.56 Å². The first-order valence-corrected chi connectivity index (χ1v) is 8.25. The summed E-state index contributed by atoms with van der Waals surface area (Å²) >= 11 is 9.27. The summed E-state index contributed by atoms with van der Waals surface area (Å²) in [6, 6.07) is 12.0. The number of rotatable bonds is 5. The molecule has 2 rings (SSSR count). The van der Waals surface area contributed by atoms with Crippen LogP contribution >= 0.6 is 27.5 Å². The number of hydrogen-bond donors (Lipinski definition) is 1.